The lowest BCUT2D eigenvalue weighted by atomic mass is 10.0. The highest BCUT2D eigenvalue weighted by atomic mass is 16.6. The number of nitro benzene ring substituents is 1. The number of carbonyl (C=O) groups excluding carboxylic acids is 1. The number of aromatic nitrogens is 1. The van der Waals surface area contributed by atoms with Crippen molar-refractivity contribution >= 4 is 28.3 Å². The van der Waals surface area contributed by atoms with Gasteiger partial charge in [0, 0.05) is 43.7 Å². The Balaban J connectivity index is 1.73. The number of benzene rings is 1. The smallest absolute Gasteiger partial charge is 0.270 e. The topological polar surface area (TPSA) is 124 Å². The SMILES string of the molecule is CNC(=O)CN1CCC(Nc2cc(C#N)c3cc([N+](=O)[O-])ccc3n2)CC1. The third-order valence-electron chi connectivity index (χ3n) is 4.71. The van der Waals surface area contributed by atoms with Crippen LogP contribution in [-0.2, 0) is 4.79 Å². The molecular weight excluding hydrogens is 348 g/mol. The number of nitro groups is 1. The summed E-state index contributed by atoms with van der Waals surface area (Å²) < 4.78 is 0. The number of rotatable bonds is 5. The van der Waals surface area contributed by atoms with Crippen LogP contribution in [0.1, 0.15) is 18.4 Å². The monoisotopic (exact) mass is 368 g/mol. The van der Waals surface area contributed by atoms with Crippen molar-refractivity contribution in [3.8, 4) is 6.07 Å². The van der Waals surface area contributed by atoms with Crippen LogP contribution in [0.4, 0.5) is 11.5 Å². The molecule has 1 aromatic heterocycles. The molecule has 2 N–H and O–H groups in total. The first-order valence-corrected chi connectivity index (χ1v) is 8.69. The molecule has 1 aliphatic rings. The Labute approximate surface area is 156 Å². The highest BCUT2D eigenvalue weighted by molar-refractivity contribution is 5.88. The maximum atomic E-state index is 11.5. The minimum absolute atomic E-state index is 0.00496. The second kappa shape index (κ2) is 7.97. The number of non-ortho nitro benzene ring substituents is 1. The lowest BCUT2D eigenvalue weighted by Gasteiger charge is -2.32. The molecule has 2 heterocycles. The van der Waals surface area contributed by atoms with Gasteiger partial charge in [-0.3, -0.25) is 19.8 Å². The summed E-state index contributed by atoms with van der Waals surface area (Å²) in [5.41, 5.74) is 0.826. The van der Waals surface area contributed by atoms with Crippen LogP contribution in [0, 0.1) is 21.4 Å². The average Bonchev–Trinajstić information content (AvgIpc) is 2.68. The van der Waals surface area contributed by atoms with Gasteiger partial charge in [-0.2, -0.15) is 5.26 Å². The molecule has 1 aliphatic heterocycles. The van der Waals surface area contributed by atoms with E-state index in [1.165, 1.54) is 12.1 Å². The summed E-state index contributed by atoms with van der Waals surface area (Å²) in [6.07, 6.45) is 1.72. The maximum absolute atomic E-state index is 11.5. The van der Waals surface area contributed by atoms with E-state index >= 15 is 0 Å². The van der Waals surface area contributed by atoms with Gasteiger partial charge >= 0.3 is 0 Å². The van der Waals surface area contributed by atoms with E-state index in [1.807, 2.05) is 0 Å². The number of likely N-dealkylation sites (N-methyl/N-ethyl adjacent to an activating group) is 1. The summed E-state index contributed by atoms with van der Waals surface area (Å²) in [6.45, 7) is 2.00. The molecule has 0 bridgehead atoms. The standard InChI is InChI=1S/C18H20N6O3/c1-20-18(25)11-23-6-4-13(5-7-23)21-17-8-12(10-19)15-9-14(24(26)27)2-3-16(15)22-17/h2-3,8-9,13H,4-7,11H2,1H3,(H,20,25)(H,21,22). The number of nitrogens with one attached hydrogen (secondary N) is 2. The minimum atomic E-state index is -0.487. The zero-order valence-electron chi connectivity index (χ0n) is 14.9. The van der Waals surface area contributed by atoms with E-state index < -0.39 is 4.92 Å². The zero-order chi connectivity index (χ0) is 19.4. The van der Waals surface area contributed by atoms with Crippen molar-refractivity contribution in [3.63, 3.8) is 0 Å². The molecule has 0 saturated carbocycles. The van der Waals surface area contributed by atoms with Crippen molar-refractivity contribution in [2.45, 2.75) is 18.9 Å². The molecule has 0 aliphatic carbocycles. The van der Waals surface area contributed by atoms with Crippen LogP contribution >= 0.6 is 0 Å². The highest BCUT2D eigenvalue weighted by Gasteiger charge is 2.21. The lowest BCUT2D eigenvalue weighted by Crippen LogP contribution is -2.43. The van der Waals surface area contributed by atoms with Crippen LogP contribution in [0.2, 0.25) is 0 Å². The van der Waals surface area contributed by atoms with Gasteiger partial charge in [0.05, 0.1) is 28.6 Å². The number of anilines is 1. The zero-order valence-corrected chi connectivity index (χ0v) is 14.9. The molecule has 0 spiro atoms. The third-order valence-corrected chi connectivity index (χ3v) is 4.71. The van der Waals surface area contributed by atoms with E-state index in [-0.39, 0.29) is 17.6 Å². The van der Waals surface area contributed by atoms with E-state index in [1.54, 1.807) is 19.2 Å². The summed E-state index contributed by atoms with van der Waals surface area (Å²) in [7, 11) is 1.63. The van der Waals surface area contributed by atoms with Crippen LogP contribution in [0.15, 0.2) is 24.3 Å². The van der Waals surface area contributed by atoms with Gasteiger partial charge in [0.25, 0.3) is 5.69 Å². The summed E-state index contributed by atoms with van der Waals surface area (Å²) in [5, 5.41) is 26.8. The molecule has 2 aromatic rings. The molecule has 1 amide bonds. The highest BCUT2D eigenvalue weighted by Crippen LogP contribution is 2.26. The van der Waals surface area contributed by atoms with E-state index in [9.17, 15) is 20.2 Å². The molecule has 140 valence electrons. The Hall–Kier alpha value is -3.25. The number of pyridine rings is 1. The molecule has 0 unspecified atom stereocenters. The van der Waals surface area contributed by atoms with Gasteiger partial charge in [-0.05, 0) is 25.0 Å². The Morgan fingerprint density at radius 3 is 2.78 bits per heavy atom. The van der Waals surface area contributed by atoms with Crippen molar-refractivity contribution in [2.24, 2.45) is 0 Å². The summed E-state index contributed by atoms with van der Waals surface area (Å²) >= 11 is 0. The maximum Gasteiger partial charge on any atom is 0.270 e. The summed E-state index contributed by atoms with van der Waals surface area (Å²) in [4.78, 5) is 28.5. The number of nitriles is 1. The first-order valence-electron chi connectivity index (χ1n) is 8.69. The first-order chi connectivity index (χ1) is 13.0. The van der Waals surface area contributed by atoms with Crippen molar-refractivity contribution in [1.29, 1.82) is 5.26 Å². The van der Waals surface area contributed by atoms with Gasteiger partial charge in [0.2, 0.25) is 5.91 Å². The molecule has 9 nitrogen and oxygen atoms in total. The Bertz CT molecular complexity index is 915. The number of carbonyl (C=O) groups is 1. The van der Waals surface area contributed by atoms with Gasteiger partial charge in [-0.15, -0.1) is 0 Å². The Kier molecular flexibility index (Phi) is 5.47. The largest absolute Gasteiger partial charge is 0.367 e. The first kappa shape index (κ1) is 18.5. The number of hydrogen-bond acceptors (Lipinski definition) is 7. The van der Waals surface area contributed by atoms with E-state index in [0.29, 0.717) is 28.8 Å². The average molecular weight is 368 g/mol. The third kappa shape index (κ3) is 4.30. The quantitative estimate of drug-likeness (QED) is 0.607. The predicted molar refractivity (Wildman–Crippen MR) is 100 cm³/mol. The number of piperidine rings is 1. The van der Waals surface area contributed by atoms with Crippen molar-refractivity contribution in [1.82, 2.24) is 15.2 Å². The number of fused-ring (bicyclic) bond motifs is 1. The molecule has 9 heteroatoms. The molecule has 27 heavy (non-hydrogen) atoms. The van der Waals surface area contributed by atoms with Gasteiger partial charge in [-0.25, -0.2) is 4.98 Å². The number of amides is 1. The fraction of sp³-hybridized carbons (Fsp3) is 0.389. The second-order valence-electron chi connectivity index (χ2n) is 6.49. The van der Waals surface area contributed by atoms with Crippen molar-refractivity contribution < 1.29 is 9.72 Å². The Morgan fingerprint density at radius 2 is 2.15 bits per heavy atom. The van der Waals surface area contributed by atoms with E-state index in [2.05, 4.69) is 26.6 Å². The van der Waals surface area contributed by atoms with Gasteiger partial charge in [0.1, 0.15) is 5.82 Å². The molecule has 0 radical (unpaired) electrons. The fourth-order valence-electron chi connectivity index (χ4n) is 3.22. The molecule has 1 aromatic carbocycles. The van der Waals surface area contributed by atoms with E-state index in [4.69, 9.17) is 0 Å². The van der Waals surface area contributed by atoms with Gasteiger partial charge in [0.15, 0.2) is 0 Å². The van der Waals surface area contributed by atoms with Crippen LogP contribution < -0.4 is 10.6 Å². The predicted octanol–water partition coefficient (Wildman–Crippen LogP) is 1.64. The van der Waals surface area contributed by atoms with E-state index in [0.717, 1.165) is 25.9 Å². The van der Waals surface area contributed by atoms with Crippen LogP contribution in [0.3, 0.4) is 0 Å². The lowest BCUT2D eigenvalue weighted by molar-refractivity contribution is -0.384. The number of nitrogens with zero attached hydrogens (tertiary/aromatic N) is 4. The molecule has 0 atom stereocenters. The normalized spacial score (nSPS) is 15.3. The minimum Gasteiger partial charge on any atom is -0.367 e. The summed E-state index contributed by atoms with van der Waals surface area (Å²) in [5.74, 6) is 0.586. The number of hydrogen-bond donors (Lipinski definition) is 2. The van der Waals surface area contributed by atoms with Crippen molar-refractivity contribution in [2.75, 3.05) is 32.0 Å². The molecule has 3 rings (SSSR count). The van der Waals surface area contributed by atoms with Gasteiger partial charge < -0.3 is 10.6 Å². The van der Waals surface area contributed by atoms with Crippen molar-refractivity contribution in [3.05, 3.63) is 39.9 Å². The molecular formula is C18H20N6O3. The van der Waals surface area contributed by atoms with Crippen LogP contribution in [0.5, 0.6) is 0 Å². The molecule has 1 saturated heterocycles. The Morgan fingerprint density at radius 1 is 1.41 bits per heavy atom. The fourth-order valence-corrected chi connectivity index (χ4v) is 3.22. The van der Waals surface area contributed by atoms with Crippen LogP contribution in [-0.4, -0.2) is 53.4 Å². The summed E-state index contributed by atoms with van der Waals surface area (Å²) in [6, 6.07) is 8.24. The van der Waals surface area contributed by atoms with Gasteiger partial charge in [-0.1, -0.05) is 0 Å². The van der Waals surface area contributed by atoms with Crippen LogP contribution in [0.25, 0.3) is 10.9 Å². The second-order valence-corrected chi connectivity index (χ2v) is 6.49. The number of likely N-dealkylation sites (tertiary alicyclic amines) is 1. The molecule has 1 fully saturated rings.